The van der Waals surface area contributed by atoms with E-state index in [9.17, 15) is 0 Å². The lowest BCUT2D eigenvalue weighted by Gasteiger charge is -2.33. The molecule has 3 aromatic rings. The molecule has 4 rings (SSSR count). The largest absolute Gasteiger partial charge is 0.493 e. The van der Waals surface area contributed by atoms with Crippen molar-refractivity contribution in [3.05, 3.63) is 42.7 Å². The highest BCUT2D eigenvalue weighted by atomic mass is 32.1. The zero-order valence-electron chi connectivity index (χ0n) is 20.5. The van der Waals surface area contributed by atoms with Crippen LogP contribution in [0.4, 0.5) is 5.69 Å². The van der Waals surface area contributed by atoms with Gasteiger partial charge in [0.1, 0.15) is 12.1 Å². The van der Waals surface area contributed by atoms with Gasteiger partial charge in [-0.05, 0) is 75.3 Å². The molecule has 2 aromatic carbocycles. The molecule has 1 aliphatic heterocycles. The fraction of sp³-hybridized carbons (Fsp3) is 0.423. The average Bonchev–Trinajstić information content (AvgIpc) is 2.88. The summed E-state index contributed by atoms with van der Waals surface area (Å²) in [5.74, 6) is 2.29. The standard InChI is InChI=1S/C26H33N5O3S/c1-18-7-4-5-13-31(18)14-6-12-27-26(35)30-19-8-10-20(11-9-19)34-25-21-15-23(32-2)24(33-3)16-22(21)28-17-29-25/h8-11,15-18H,4-7,12-14H2,1-3H3,(H2,27,30,35). The molecule has 1 unspecified atom stereocenters. The van der Waals surface area contributed by atoms with E-state index in [-0.39, 0.29) is 0 Å². The minimum absolute atomic E-state index is 0.442. The second-order valence-electron chi connectivity index (χ2n) is 8.64. The van der Waals surface area contributed by atoms with Crippen molar-refractivity contribution in [1.29, 1.82) is 0 Å². The summed E-state index contributed by atoms with van der Waals surface area (Å²) in [6.07, 6.45) is 6.52. The van der Waals surface area contributed by atoms with Gasteiger partial charge in [0, 0.05) is 30.9 Å². The predicted molar refractivity (Wildman–Crippen MR) is 143 cm³/mol. The van der Waals surface area contributed by atoms with Gasteiger partial charge in [-0.1, -0.05) is 6.42 Å². The first-order chi connectivity index (χ1) is 17.1. The summed E-state index contributed by atoms with van der Waals surface area (Å²) in [5, 5.41) is 7.89. The Hall–Kier alpha value is -3.17. The van der Waals surface area contributed by atoms with Gasteiger partial charge in [-0.3, -0.25) is 0 Å². The molecule has 8 nitrogen and oxygen atoms in total. The summed E-state index contributed by atoms with van der Waals surface area (Å²) in [5.41, 5.74) is 1.59. The number of hydrogen-bond donors (Lipinski definition) is 2. The summed E-state index contributed by atoms with van der Waals surface area (Å²) in [6, 6.07) is 11.9. The van der Waals surface area contributed by atoms with Crippen molar-refractivity contribution in [3.8, 4) is 23.1 Å². The van der Waals surface area contributed by atoms with E-state index >= 15 is 0 Å². The molecule has 2 N–H and O–H groups in total. The number of hydrogen-bond acceptors (Lipinski definition) is 7. The summed E-state index contributed by atoms with van der Waals surface area (Å²) >= 11 is 5.46. The lowest BCUT2D eigenvalue weighted by Crippen LogP contribution is -2.39. The summed E-state index contributed by atoms with van der Waals surface area (Å²) in [6.45, 7) is 5.50. The first kappa shape index (κ1) is 24.9. The van der Waals surface area contributed by atoms with Gasteiger partial charge in [-0.15, -0.1) is 0 Å². The Morgan fingerprint density at radius 1 is 1.09 bits per heavy atom. The first-order valence-electron chi connectivity index (χ1n) is 12.0. The van der Waals surface area contributed by atoms with Crippen molar-refractivity contribution in [2.75, 3.05) is 39.2 Å². The van der Waals surface area contributed by atoms with Crippen LogP contribution < -0.4 is 24.8 Å². The van der Waals surface area contributed by atoms with Crippen molar-refractivity contribution in [3.63, 3.8) is 0 Å². The van der Waals surface area contributed by atoms with E-state index in [2.05, 4.69) is 32.4 Å². The topological polar surface area (TPSA) is 80.8 Å². The summed E-state index contributed by atoms with van der Waals surface area (Å²) in [7, 11) is 3.18. The van der Waals surface area contributed by atoms with Gasteiger partial charge in [0.2, 0.25) is 5.88 Å². The maximum Gasteiger partial charge on any atom is 0.230 e. The molecule has 2 heterocycles. The van der Waals surface area contributed by atoms with Crippen LogP contribution in [0, 0.1) is 0 Å². The monoisotopic (exact) mass is 495 g/mol. The maximum absolute atomic E-state index is 6.04. The molecule has 0 amide bonds. The number of likely N-dealkylation sites (tertiary alicyclic amines) is 1. The Labute approximate surface area is 212 Å². The molecule has 186 valence electrons. The third kappa shape index (κ3) is 6.49. The van der Waals surface area contributed by atoms with Crippen molar-refractivity contribution >= 4 is 33.9 Å². The number of piperidine rings is 1. The Morgan fingerprint density at radius 2 is 1.86 bits per heavy atom. The van der Waals surface area contributed by atoms with E-state index in [1.54, 1.807) is 20.3 Å². The van der Waals surface area contributed by atoms with E-state index in [0.29, 0.717) is 39.8 Å². The number of rotatable bonds is 9. The number of nitrogens with one attached hydrogen (secondary N) is 2. The zero-order chi connectivity index (χ0) is 24.6. The molecular weight excluding hydrogens is 462 g/mol. The van der Waals surface area contributed by atoms with Gasteiger partial charge >= 0.3 is 0 Å². The van der Waals surface area contributed by atoms with Crippen molar-refractivity contribution < 1.29 is 14.2 Å². The van der Waals surface area contributed by atoms with Gasteiger partial charge in [0.25, 0.3) is 0 Å². The zero-order valence-corrected chi connectivity index (χ0v) is 21.4. The maximum atomic E-state index is 6.04. The fourth-order valence-corrected chi connectivity index (χ4v) is 4.53. The molecule has 1 aromatic heterocycles. The van der Waals surface area contributed by atoms with E-state index in [1.807, 2.05) is 30.3 Å². The SMILES string of the molecule is COc1cc2ncnc(Oc3ccc(NC(=S)NCCCN4CCCCC4C)cc3)c2cc1OC. The molecule has 1 saturated heterocycles. The van der Waals surface area contributed by atoms with Gasteiger partial charge < -0.3 is 29.7 Å². The highest BCUT2D eigenvalue weighted by molar-refractivity contribution is 7.80. The minimum atomic E-state index is 0.442. The van der Waals surface area contributed by atoms with Gasteiger partial charge in [0.05, 0.1) is 25.1 Å². The number of benzene rings is 2. The predicted octanol–water partition coefficient (Wildman–Crippen LogP) is 4.99. The Kier molecular flexibility index (Phi) is 8.54. The number of anilines is 1. The van der Waals surface area contributed by atoms with Crippen LogP contribution in [0.15, 0.2) is 42.7 Å². The molecule has 1 aliphatic rings. The number of ether oxygens (including phenoxy) is 3. The Balaban J connectivity index is 1.30. The number of thiocarbonyl (C=S) groups is 1. The van der Waals surface area contributed by atoms with Crippen LogP contribution in [0.5, 0.6) is 23.1 Å². The quantitative estimate of drug-likeness (QED) is 0.315. The van der Waals surface area contributed by atoms with Crippen LogP contribution in [0.2, 0.25) is 0 Å². The molecule has 0 bridgehead atoms. The molecule has 1 atom stereocenters. The molecule has 0 saturated carbocycles. The van der Waals surface area contributed by atoms with Crippen LogP contribution in [0.1, 0.15) is 32.6 Å². The average molecular weight is 496 g/mol. The van der Waals surface area contributed by atoms with Gasteiger partial charge in [-0.25, -0.2) is 9.97 Å². The van der Waals surface area contributed by atoms with E-state index < -0.39 is 0 Å². The minimum Gasteiger partial charge on any atom is -0.493 e. The second-order valence-corrected chi connectivity index (χ2v) is 9.05. The van der Waals surface area contributed by atoms with Crippen LogP contribution in [0.3, 0.4) is 0 Å². The molecule has 0 aliphatic carbocycles. The Morgan fingerprint density at radius 3 is 2.60 bits per heavy atom. The van der Waals surface area contributed by atoms with Crippen LogP contribution in [-0.2, 0) is 0 Å². The summed E-state index contributed by atoms with van der Waals surface area (Å²) in [4.78, 5) is 11.2. The lowest BCUT2D eigenvalue weighted by molar-refractivity contribution is 0.159. The van der Waals surface area contributed by atoms with E-state index in [1.165, 1.54) is 32.1 Å². The number of nitrogens with zero attached hydrogens (tertiary/aromatic N) is 3. The molecular formula is C26H33N5O3S. The fourth-order valence-electron chi connectivity index (χ4n) is 4.31. The molecule has 1 fully saturated rings. The van der Waals surface area contributed by atoms with Gasteiger partial charge in [-0.2, -0.15) is 0 Å². The molecule has 35 heavy (non-hydrogen) atoms. The smallest absolute Gasteiger partial charge is 0.230 e. The molecule has 0 radical (unpaired) electrons. The van der Waals surface area contributed by atoms with E-state index in [0.717, 1.165) is 30.6 Å². The van der Waals surface area contributed by atoms with Crippen molar-refractivity contribution in [2.24, 2.45) is 0 Å². The summed E-state index contributed by atoms with van der Waals surface area (Å²) < 4.78 is 16.8. The highest BCUT2D eigenvalue weighted by Gasteiger charge is 2.17. The van der Waals surface area contributed by atoms with Crippen molar-refractivity contribution in [2.45, 2.75) is 38.6 Å². The Bertz CT molecular complexity index is 1140. The number of aromatic nitrogens is 2. The first-order valence-corrected chi connectivity index (χ1v) is 12.4. The molecule has 0 spiro atoms. The third-order valence-electron chi connectivity index (χ3n) is 6.28. The van der Waals surface area contributed by atoms with E-state index in [4.69, 9.17) is 26.4 Å². The van der Waals surface area contributed by atoms with Crippen LogP contribution in [0.25, 0.3) is 10.9 Å². The van der Waals surface area contributed by atoms with Crippen molar-refractivity contribution in [1.82, 2.24) is 20.2 Å². The van der Waals surface area contributed by atoms with Crippen LogP contribution in [-0.4, -0.2) is 59.9 Å². The normalized spacial score (nSPS) is 16.0. The van der Waals surface area contributed by atoms with Gasteiger partial charge in [0.15, 0.2) is 16.6 Å². The molecule has 9 heteroatoms. The number of fused-ring (bicyclic) bond motifs is 1. The second kappa shape index (κ2) is 12.0. The highest BCUT2D eigenvalue weighted by Crippen LogP contribution is 2.35. The lowest BCUT2D eigenvalue weighted by atomic mass is 10.0. The number of methoxy groups -OCH3 is 2. The van der Waals surface area contributed by atoms with Crippen LogP contribution >= 0.6 is 12.2 Å². The third-order valence-corrected chi connectivity index (χ3v) is 6.53.